The van der Waals surface area contributed by atoms with Gasteiger partial charge in [-0.05, 0) is 5.56 Å². The molecule has 0 atom stereocenters. The molecule has 0 amide bonds. The van der Waals surface area contributed by atoms with E-state index in [0.29, 0.717) is 0 Å². The second-order valence-corrected chi connectivity index (χ2v) is 2.76. The van der Waals surface area contributed by atoms with E-state index in [0.717, 1.165) is 13.1 Å². The van der Waals surface area contributed by atoms with Gasteiger partial charge in [0.15, 0.2) is 0 Å². The topological polar surface area (TPSA) is 12.0 Å². The summed E-state index contributed by atoms with van der Waals surface area (Å²) in [6.45, 7) is 5.38. The molecule has 0 aliphatic heterocycles. The Bertz CT molecular complexity index is 262. The van der Waals surface area contributed by atoms with Crippen LogP contribution in [0.15, 0.2) is 49.1 Å². The average Bonchev–Trinajstić information content (AvgIpc) is 2.19. The van der Waals surface area contributed by atoms with Crippen LogP contribution in [-0.2, 0) is 0 Å². The van der Waals surface area contributed by atoms with E-state index in [9.17, 15) is 0 Å². The van der Waals surface area contributed by atoms with Crippen LogP contribution < -0.4 is 5.32 Å². The smallest absolute Gasteiger partial charge is 0.0141 e. The highest BCUT2D eigenvalue weighted by molar-refractivity contribution is 5.48. The predicted molar refractivity (Wildman–Crippen MR) is 58.5 cm³/mol. The van der Waals surface area contributed by atoms with E-state index in [4.69, 9.17) is 0 Å². The third kappa shape index (κ3) is 4.28. The summed E-state index contributed by atoms with van der Waals surface area (Å²) >= 11 is 0. The normalized spacial score (nSPS) is 10.5. The standard InChI is InChI=1S/C12H15N/c1-2-10-13-11-6-9-12-7-4-3-5-8-12/h2-9,13H,1,10-11H2. The largest absolute Gasteiger partial charge is 0.310 e. The second-order valence-electron chi connectivity index (χ2n) is 2.76. The van der Waals surface area contributed by atoms with Gasteiger partial charge in [0.1, 0.15) is 0 Å². The van der Waals surface area contributed by atoms with Crippen molar-refractivity contribution in [2.24, 2.45) is 0 Å². The molecular formula is C12H15N. The fourth-order valence-electron chi connectivity index (χ4n) is 1.03. The van der Waals surface area contributed by atoms with Crippen molar-refractivity contribution in [3.8, 4) is 0 Å². The van der Waals surface area contributed by atoms with Crippen molar-refractivity contribution in [3.63, 3.8) is 0 Å². The highest BCUT2D eigenvalue weighted by atomic mass is 14.8. The van der Waals surface area contributed by atoms with Gasteiger partial charge in [0.25, 0.3) is 0 Å². The summed E-state index contributed by atoms with van der Waals surface area (Å²) < 4.78 is 0. The summed E-state index contributed by atoms with van der Waals surface area (Å²) in [6.07, 6.45) is 6.07. The third-order valence-electron chi connectivity index (χ3n) is 1.66. The quantitative estimate of drug-likeness (QED) is 0.533. The summed E-state index contributed by atoms with van der Waals surface area (Å²) in [5, 5.41) is 3.20. The van der Waals surface area contributed by atoms with Crippen molar-refractivity contribution in [2.75, 3.05) is 13.1 Å². The molecule has 1 heteroatoms. The Morgan fingerprint density at radius 3 is 2.62 bits per heavy atom. The molecule has 1 nitrogen and oxygen atoms in total. The zero-order valence-corrected chi connectivity index (χ0v) is 7.74. The number of hydrogen-bond donors (Lipinski definition) is 1. The Kier molecular flexibility index (Phi) is 4.65. The van der Waals surface area contributed by atoms with E-state index in [2.05, 4.69) is 36.2 Å². The molecule has 1 N–H and O–H groups in total. The molecule has 0 aliphatic rings. The van der Waals surface area contributed by atoms with Gasteiger partial charge in [-0.2, -0.15) is 0 Å². The van der Waals surface area contributed by atoms with Gasteiger partial charge in [-0.25, -0.2) is 0 Å². The molecule has 1 rings (SSSR count). The first-order valence-corrected chi connectivity index (χ1v) is 4.46. The molecule has 0 spiro atoms. The van der Waals surface area contributed by atoms with Crippen molar-refractivity contribution >= 4 is 6.08 Å². The lowest BCUT2D eigenvalue weighted by molar-refractivity contribution is 0.846. The fourth-order valence-corrected chi connectivity index (χ4v) is 1.03. The minimum absolute atomic E-state index is 0.860. The fraction of sp³-hybridized carbons (Fsp3) is 0.167. The molecule has 0 fully saturated rings. The van der Waals surface area contributed by atoms with Gasteiger partial charge in [-0.3, -0.25) is 0 Å². The molecular weight excluding hydrogens is 158 g/mol. The van der Waals surface area contributed by atoms with E-state index < -0.39 is 0 Å². The summed E-state index contributed by atoms with van der Waals surface area (Å²) in [7, 11) is 0. The van der Waals surface area contributed by atoms with Crippen molar-refractivity contribution in [3.05, 3.63) is 54.6 Å². The number of hydrogen-bond acceptors (Lipinski definition) is 1. The van der Waals surface area contributed by atoms with E-state index >= 15 is 0 Å². The second kappa shape index (κ2) is 6.21. The minimum Gasteiger partial charge on any atom is -0.310 e. The minimum atomic E-state index is 0.860. The van der Waals surface area contributed by atoms with Gasteiger partial charge in [0.2, 0.25) is 0 Å². The van der Waals surface area contributed by atoms with Crippen LogP contribution in [0.2, 0.25) is 0 Å². The number of rotatable bonds is 5. The van der Waals surface area contributed by atoms with Crippen molar-refractivity contribution in [1.29, 1.82) is 0 Å². The Morgan fingerprint density at radius 2 is 1.92 bits per heavy atom. The first kappa shape index (κ1) is 9.75. The summed E-state index contributed by atoms with van der Waals surface area (Å²) in [5.41, 5.74) is 1.24. The zero-order valence-electron chi connectivity index (χ0n) is 7.74. The van der Waals surface area contributed by atoms with Crippen LogP contribution in [0, 0.1) is 0 Å². The monoisotopic (exact) mass is 173 g/mol. The SMILES string of the molecule is C=CCNCC=Cc1ccccc1. The molecule has 0 heterocycles. The number of nitrogens with one attached hydrogen (secondary N) is 1. The highest BCUT2D eigenvalue weighted by Gasteiger charge is 1.81. The molecule has 1 aromatic carbocycles. The zero-order chi connectivity index (χ0) is 9.36. The molecule has 0 aliphatic carbocycles. The Balaban J connectivity index is 2.28. The Morgan fingerprint density at radius 1 is 1.15 bits per heavy atom. The van der Waals surface area contributed by atoms with E-state index in [1.165, 1.54) is 5.56 Å². The van der Waals surface area contributed by atoms with Crippen LogP contribution in [0.25, 0.3) is 6.08 Å². The Hall–Kier alpha value is -1.34. The van der Waals surface area contributed by atoms with Crippen LogP contribution in [0.3, 0.4) is 0 Å². The first-order chi connectivity index (χ1) is 6.43. The maximum absolute atomic E-state index is 3.63. The van der Waals surface area contributed by atoms with Gasteiger partial charge < -0.3 is 5.32 Å². The molecule has 0 unspecified atom stereocenters. The van der Waals surface area contributed by atoms with Crippen LogP contribution in [0.5, 0.6) is 0 Å². The lowest BCUT2D eigenvalue weighted by atomic mass is 10.2. The Labute approximate surface area is 79.8 Å². The van der Waals surface area contributed by atoms with Gasteiger partial charge in [-0.1, -0.05) is 48.6 Å². The molecule has 0 saturated heterocycles. The van der Waals surface area contributed by atoms with Crippen LogP contribution >= 0.6 is 0 Å². The van der Waals surface area contributed by atoms with Crippen molar-refractivity contribution < 1.29 is 0 Å². The lowest BCUT2D eigenvalue weighted by Gasteiger charge is -1.94. The molecule has 0 bridgehead atoms. The number of benzene rings is 1. The molecule has 0 saturated carbocycles. The van der Waals surface area contributed by atoms with Gasteiger partial charge in [0, 0.05) is 13.1 Å². The lowest BCUT2D eigenvalue weighted by Crippen LogP contribution is -2.12. The summed E-state index contributed by atoms with van der Waals surface area (Å²) in [6, 6.07) is 10.3. The first-order valence-electron chi connectivity index (χ1n) is 4.46. The van der Waals surface area contributed by atoms with Crippen molar-refractivity contribution in [1.82, 2.24) is 5.32 Å². The third-order valence-corrected chi connectivity index (χ3v) is 1.66. The van der Waals surface area contributed by atoms with Crippen LogP contribution in [-0.4, -0.2) is 13.1 Å². The van der Waals surface area contributed by atoms with E-state index in [1.807, 2.05) is 24.3 Å². The molecule has 68 valence electrons. The van der Waals surface area contributed by atoms with Crippen LogP contribution in [0.4, 0.5) is 0 Å². The van der Waals surface area contributed by atoms with Crippen LogP contribution in [0.1, 0.15) is 5.56 Å². The van der Waals surface area contributed by atoms with Gasteiger partial charge in [0.05, 0.1) is 0 Å². The van der Waals surface area contributed by atoms with E-state index in [1.54, 1.807) is 0 Å². The predicted octanol–water partition coefficient (Wildman–Crippen LogP) is 2.48. The van der Waals surface area contributed by atoms with Gasteiger partial charge >= 0.3 is 0 Å². The molecule has 13 heavy (non-hydrogen) atoms. The molecule has 0 radical (unpaired) electrons. The summed E-state index contributed by atoms with van der Waals surface area (Å²) in [4.78, 5) is 0. The van der Waals surface area contributed by atoms with E-state index in [-0.39, 0.29) is 0 Å². The van der Waals surface area contributed by atoms with Crippen molar-refractivity contribution in [2.45, 2.75) is 0 Å². The molecule has 0 aromatic heterocycles. The highest BCUT2D eigenvalue weighted by Crippen LogP contribution is 1.99. The maximum atomic E-state index is 3.63. The maximum Gasteiger partial charge on any atom is 0.0141 e. The van der Waals surface area contributed by atoms with Gasteiger partial charge in [-0.15, -0.1) is 6.58 Å². The summed E-state index contributed by atoms with van der Waals surface area (Å²) in [5.74, 6) is 0. The average molecular weight is 173 g/mol. The molecule has 1 aromatic rings.